The fraction of sp³-hybridized carbons (Fsp3) is 0.174. The van der Waals surface area contributed by atoms with Gasteiger partial charge in [0.2, 0.25) is 0 Å². The summed E-state index contributed by atoms with van der Waals surface area (Å²) in [5.41, 5.74) is 4.22. The van der Waals surface area contributed by atoms with E-state index in [1.165, 1.54) is 18.2 Å². The van der Waals surface area contributed by atoms with Crippen LogP contribution in [0.2, 0.25) is 0 Å². The smallest absolute Gasteiger partial charge is 0.293 e. The number of rotatable bonds is 5. The molecule has 8 nitrogen and oxygen atoms in total. The first kappa shape index (κ1) is 21.5. The maximum Gasteiger partial charge on any atom is 0.293 e. The van der Waals surface area contributed by atoms with Crippen molar-refractivity contribution in [1.82, 2.24) is 14.5 Å². The number of thioether (sulfide) groups is 1. The second kappa shape index (κ2) is 8.43. The van der Waals surface area contributed by atoms with E-state index in [2.05, 4.69) is 4.98 Å². The van der Waals surface area contributed by atoms with Gasteiger partial charge in [0.15, 0.2) is 0 Å². The number of non-ortho nitro benzene ring substituents is 1. The van der Waals surface area contributed by atoms with Gasteiger partial charge in [-0.1, -0.05) is 12.1 Å². The van der Waals surface area contributed by atoms with Crippen LogP contribution < -0.4 is 0 Å². The van der Waals surface area contributed by atoms with Crippen molar-refractivity contribution in [2.45, 2.75) is 27.3 Å². The van der Waals surface area contributed by atoms with Crippen LogP contribution in [0.5, 0.6) is 0 Å². The van der Waals surface area contributed by atoms with Crippen LogP contribution in [0.15, 0.2) is 53.6 Å². The molecule has 0 N–H and O–H groups in total. The predicted octanol–water partition coefficient (Wildman–Crippen LogP) is 4.94. The van der Waals surface area contributed by atoms with Crippen LogP contribution in [0, 0.1) is 30.9 Å². The molecular weight excluding hydrogens is 428 g/mol. The number of carbonyl (C=O) groups is 2. The third-order valence-corrected chi connectivity index (χ3v) is 6.13. The number of hydrogen-bond acceptors (Lipinski definition) is 6. The highest BCUT2D eigenvalue weighted by atomic mass is 32.2. The standard InChI is InChI=1S/C23H20N4O4S/c1-14-7-8-24-21(9-14)26-15(2)10-18(16(26)3)12-20-22(28)25(23(29)32-20)13-17-5-4-6-19(11-17)27(30)31/h4-12H,13H2,1-3H3. The molecule has 3 aromatic rings. The summed E-state index contributed by atoms with van der Waals surface area (Å²) in [4.78, 5) is 41.8. The fourth-order valence-electron chi connectivity index (χ4n) is 3.66. The molecule has 1 saturated heterocycles. The van der Waals surface area contributed by atoms with Crippen LogP contribution in [0.3, 0.4) is 0 Å². The molecule has 0 radical (unpaired) electrons. The molecule has 1 aromatic carbocycles. The van der Waals surface area contributed by atoms with Crippen LogP contribution in [0.1, 0.15) is 28.1 Å². The first-order valence-corrected chi connectivity index (χ1v) is 10.7. The molecule has 2 aromatic heterocycles. The van der Waals surface area contributed by atoms with E-state index in [0.29, 0.717) is 10.5 Å². The second-order valence-electron chi connectivity index (χ2n) is 7.55. The number of carbonyl (C=O) groups excluding carboxylic acids is 2. The van der Waals surface area contributed by atoms with Crippen LogP contribution in [0.4, 0.5) is 10.5 Å². The van der Waals surface area contributed by atoms with E-state index in [0.717, 1.165) is 45.0 Å². The van der Waals surface area contributed by atoms with Crippen molar-refractivity contribution in [3.05, 3.63) is 91.8 Å². The molecule has 32 heavy (non-hydrogen) atoms. The maximum absolute atomic E-state index is 12.9. The molecule has 0 saturated carbocycles. The lowest BCUT2D eigenvalue weighted by Crippen LogP contribution is -2.27. The fourth-order valence-corrected chi connectivity index (χ4v) is 4.49. The number of hydrogen-bond donors (Lipinski definition) is 0. The molecule has 0 bridgehead atoms. The van der Waals surface area contributed by atoms with E-state index in [1.807, 2.05) is 43.5 Å². The predicted molar refractivity (Wildman–Crippen MR) is 122 cm³/mol. The van der Waals surface area contributed by atoms with E-state index >= 15 is 0 Å². The van der Waals surface area contributed by atoms with E-state index in [9.17, 15) is 19.7 Å². The Kier molecular flexibility index (Phi) is 5.67. The summed E-state index contributed by atoms with van der Waals surface area (Å²) in [5, 5.41) is 10.6. The molecule has 0 spiro atoms. The summed E-state index contributed by atoms with van der Waals surface area (Å²) in [6, 6.07) is 11.8. The zero-order chi connectivity index (χ0) is 23.0. The van der Waals surface area contributed by atoms with Crippen LogP contribution in [-0.4, -0.2) is 30.5 Å². The summed E-state index contributed by atoms with van der Waals surface area (Å²) in [6.07, 6.45) is 3.47. The third kappa shape index (κ3) is 4.06. The highest BCUT2D eigenvalue weighted by molar-refractivity contribution is 8.18. The zero-order valence-electron chi connectivity index (χ0n) is 17.7. The maximum atomic E-state index is 12.9. The number of pyridine rings is 1. The van der Waals surface area contributed by atoms with Crippen molar-refractivity contribution < 1.29 is 14.5 Å². The van der Waals surface area contributed by atoms with E-state index < -0.39 is 16.1 Å². The molecule has 1 aliphatic rings. The van der Waals surface area contributed by atoms with Gasteiger partial charge in [-0.05, 0) is 73.5 Å². The van der Waals surface area contributed by atoms with Gasteiger partial charge in [-0.2, -0.15) is 0 Å². The van der Waals surface area contributed by atoms with Crippen molar-refractivity contribution in [3.8, 4) is 5.82 Å². The minimum Gasteiger partial charge on any atom is -0.303 e. The Bertz CT molecular complexity index is 1290. The summed E-state index contributed by atoms with van der Waals surface area (Å²) in [5.74, 6) is 0.378. The highest BCUT2D eigenvalue weighted by Crippen LogP contribution is 2.35. The summed E-state index contributed by atoms with van der Waals surface area (Å²) >= 11 is 0.868. The van der Waals surface area contributed by atoms with Crippen LogP contribution in [-0.2, 0) is 11.3 Å². The molecule has 9 heteroatoms. The molecule has 0 aliphatic carbocycles. The van der Waals surface area contributed by atoms with Crippen LogP contribution in [0.25, 0.3) is 11.9 Å². The molecule has 1 aliphatic heterocycles. The number of nitro benzene ring substituents is 1. The molecule has 1 fully saturated rings. The lowest BCUT2D eigenvalue weighted by molar-refractivity contribution is -0.384. The number of nitrogens with zero attached hydrogens (tertiary/aromatic N) is 4. The second-order valence-corrected chi connectivity index (χ2v) is 8.54. The lowest BCUT2D eigenvalue weighted by Gasteiger charge is -2.12. The van der Waals surface area contributed by atoms with E-state index in [4.69, 9.17) is 0 Å². The molecular formula is C23H20N4O4S. The zero-order valence-corrected chi connectivity index (χ0v) is 18.5. The Labute approximate surface area is 188 Å². The third-order valence-electron chi connectivity index (χ3n) is 5.22. The van der Waals surface area contributed by atoms with Crippen molar-refractivity contribution >= 4 is 34.7 Å². The van der Waals surface area contributed by atoms with Crippen molar-refractivity contribution in [3.63, 3.8) is 0 Å². The first-order chi connectivity index (χ1) is 15.2. The molecule has 3 heterocycles. The molecule has 4 rings (SSSR count). The minimum absolute atomic E-state index is 0.0179. The molecule has 0 atom stereocenters. The molecule has 2 amide bonds. The first-order valence-electron chi connectivity index (χ1n) is 9.85. The Hall–Kier alpha value is -3.72. The van der Waals surface area contributed by atoms with Gasteiger partial charge < -0.3 is 4.57 Å². The lowest BCUT2D eigenvalue weighted by atomic mass is 10.2. The average molecular weight is 449 g/mol. The summed E-state index contributed by atoms with van der Waals surface area (Å²) < 4.78 is 2.01. The topological polar surface area (TPSA) is 98.3 Å². The van der Waals surface area contributed by atoms with Gasteiger partial charge in [0.25, 0.3) is 16.8 Å². The number of aromatic nitrogens is 2. The van der Waals surface area contributed by atoms with Gasteiger partial charge in [-0.25, -0.2) is 4.98 Å². The number of nitro groups is 1. The van der Waals surface area contributed by atoms with Gasteiger partial charge in [0, 0.05) is 29.7 Å². The number of aryl methyl sites for hydroxylation is 2. The minimum atomic E-state index is -0.504. The van der Waals surface area contributed by atoms with Gasteiger partial charge in [-0.3, -0.25) is 24.6 Å². The van der Waals surface area contributed by atoms with Gasteiger partial charge in [0.1, 0.15) is 5.82 Å². The normalized spacial score (nSPS) is 15.1. The monoisotopic (exact) mass is 448 g/mol. The van der Waals surface area contributed by atoms with Gasteiger partial charge in [-0.15, -0.1) is 0 Å². The number of imide groups is 1. The Morgan fingerprint density at radius 3 is 2.62 bits per heavy atom. The van der Waals surface area contributed by atoms with Crippen LogP contribution >= 0.6 is 11.8 Å². The Morgan fingerprint density at radius 2 is 1.91 bits per heavy atom. The van der Waals surface area contributed by atoms with Crippen molar-refractivity contribution in [1.29, 1.82) is 0 Å². The number of benzene rings is 1. The van der Waals surface area contributed by atoms with Crippen molar-refractivity contribution in [2.24, 2.45) is 0 Å². The number of amides is 2. The highest BCUT2D eigenvalue weighted by Gasteiger charge is 2.35. The van der Waals surface area contributed by atoms with E-state index in [1.54, 1.807) is 18.3 Å². The largest absolute Gasteiger partial charge is 0.303 e. The molecule has 0 unspecified atom stereocenters. The Morgan fingerprint density at radius 1 is 1.12 bits per heavy atom. The van der Waals surface area contributed by atoms with Gasteiger partial charge in [0.05, 0.1) is 16.4 Å². The summed E-state index contributed by atoms with van der Waals surface area (Å²) in [6.45, 7) is 5.88. The van der Waals surface area contributed by atoms with Gasteiger partial charge >= 0.3 is 0 Å². The summed E-state index contributed by atoms with van der Waals surface area (Å²) in [7, 11) is 0. The molecule has 162 valence electrons. The quantitative estimate of drug-likeness (QED) is 0.311. The average Bonchev–Trinajstić information content (AvgIpc) is 3.17. The Balaban J connectivity index is 1.62. The SMILES string of the molecule is Cc1ccnc(-n2c(C)cc(C=C3SC(=O)N(Cc4cccc([N+](=O)[O-])c4)C3=O)c2C)c1. The van der Waals surface area contributed by atoms with E-state index in [-0.39, 0.29) is 12.2 Å². The van der Waals surface area contributed by atoms with Crippen molar-refractivity contribution in [2.75, 3.05) is 0 Å².